The molecule has 1 aromatic rings. The summed E-state index contributed by atoms with van der Waals surface area (Å²) in [7, 11) is 0. The maximum Gasteiger partial charge on any atom is 0.129 e. The molecule has 0 fully saturated rings. The molecule has 86 valence electrons. The van der Waals surface area contributed by atoms with Gasteiger partial charge in [-0.25, -0.2) is 4.89 Å². The number of aryl methyl sites for hydroxylation is 1. The van der Waals surface area contributed by atoms with E-state index < -0.39 is 5.60 Å². The van der Waals surface area contributed by atoms with Crippen molar-refractivity contribution in [3.05, 3.63) is 48.0 Å². The lowest BCUT2D eigenvalue weighted by Gasteiger charge is -2.26. The maximum absolute atomic E-state index is 9.24. The summed E-state index contributed by atoms with van der Waals surface area (Å²) in [5.41, 5.74) is 1.98. The number of hydrogen-bond acceptors (Lipinski definition) is 2. The van der Waals surface area contributed by atoms with Crippen molar-refractivity contribution in [2.45, 2.75) is 37.7 Å². The van der Waals surface area contributed by atoms with E-state index in [2.05, 4.69) is 18.7 Å². The zero-order valence-corrected chi connectivity index (χ0v) is 9.48. The van der Waals surface area contributed by atoms with E-state index in [4.69, 9.17) is 4.89 Å². The summed E-state index contributed by atoms with van der Waals surface area (Å²) in [5.74, 6) is 0. The Labute approximate surface area is 96.5 Å². The average Bonchev–Trinajstić information content (AvgIpc) is 2.70. The van der Waals surface area contributed by atoms with Gasteiger partial charge in [-0.15, -0.1) is 6.58 Å². The maximum atomic E-state index is 9.24. The van der Waals surface area contributed by atoms with Crippen LogP contribution in [-0.2, 0) is 16.9 Å². The molecule has 2 nitrogen and oxygen atoms in total. The van der Waals surface area contributed by atoms with Crippen LogP contribution in [0.3, 0.4) is 0 Å². The number of rotatable bonds is 5. The predicted octanol–water partition coefficient (Wildman–Crippen LogP) is 3.67. The van der Waals surface area contributed by atoms with Crippen LogP contribution in [0.15, 0.2) is 36.9 Å². The smallest absolute Gasteiger partial charge is 0.129 e. The topological polar surface area (TPSA) is 29.5 Å². The van der Waals surface area contributed by atoms with Gasteiger partial charge in [0, 0.05) is 0 Å². The second kappa shape index (κ2) is 4.81. The highest BCUT2D eigenvalue weighted by Gasteiger charge is 2.39. The van der Waals surface area contributed by atoms with E-state index in [1.165, 1.54) is 5.56 Å². The fraction of sp³-hybridized carbons (Fsp3) is 0.429. The Morgan fingerprint density at radius 1 is 1.44 bits per heavy atom. The summed E-state index contributed by atoms with van der Waals surface area (Å²) in [4.78, 5) is 4.84. The summed E-state index contributed by atoms with van der Waals surface area (Å²) in [6.45, 7) is 3.71. The Morgan fingerprint density at radius 3 is 3.00 bits per heavy atom. The zero-order chi connectivity index (χ0) is 11.4. The fourth-order valence-electron chi connectivity index (χ4n) is 2.59. The Balaban J connectivity index is 2.20. The van der Waals surface area contributed by atoms with Gasteiger partial charge in [-0.05, 0) is 43.2 Å². The molecule has 1 aliphatic rings. The van der Waals surface area contributed by atoms with Crippen molar-refractivity contribution in [2.24, 2.45) is 0 Å². The SMILES string of the molecule is C=CCCCC1(OO)CCc2ccccc21. The van der Waals surface area contributed by atoms with Crippen molar-refractivity contribution in [2.75, 3.05) is 0 Å². The molecule has 1 unspecified atom stereocenters. The van der Waals surface area contributed by atoms with Crippen LogP contribution >= 0.6 is 0 Å². The number of allylic oxidation sites excluding steroid dienone is 1. The van der Waals surface area contributed by atoms with Crippen molar-refractivity contribution < 1.29 is 10.1 Å². The number of unbranched alkanes of at least 4 members (excludes halogenated alkanes) is 1. The molecule has 0 saturated heterocycles. The lowest BCUT2D eigenvalue weighted by molar-refractivity contribution is -0.331. The number of hydrogen-bond donors (Lipinski definition) is 1. The van der Waals surface area contributed by atoms with Gasteiger partial charge in [-0.1, -0.05) is 30.3 Å². The summed E-state index contributed by atoms with van der Waals surface area (Å²) >= 11 is 0. The standard InChI is InChI=1S/C14H18O2/c1-2-3-6-10-14(16-15)11-9-12-7-4-5-8-13(12)14/h2,4-5,7-8,15H,1,3,6,9-11H2. The van der Waals surface area contributed by atoms with Gasteiger partial charge >= 0.3 is 0 Å². The van der Waals surface area contributed by atoms with Crippen LogP contribution in [0.2, 0.25) is 0 Å². The van der Waals surface area contributed by atoms with Gasteiger partial charge in [0.05, 0.1) is 0 Å². The monoisotopic (exact) mass is 218 g/mol. The van der Waals surface area contributed by atoms with E-state index >= 15 is 0 Å². The number of fused-ring (bicyclic) bond motifs is 1. The van der Waals surface area contributed by atoms with E-state index in [1.807, 2.05) is 18.2 Å². The van der Waals surface area contributed by atoms with Crippen molar-refractivity contribution >= 4 is 0 Å². The van der Waals surface area contributed by atoms with Gasteiger partial charge in [0.25, 0.3) is 0 Å². The second-order valence-corrected chi connectivity index (χ2v) is 4.42. The van der Waals surface area contributed by atoms with Crippen molar-refractivity contribution in [3.63, 3.8) is 0 Å². The Bertz CT molecular complexity index is 373. The van der Waals surface area contributed by atoms with Crippen LogP contribution in [0.5, 0.6) is 0 Å². The van der Waals surface area contributed by atoms with Crippen LogP contribution < -0.4 is 0 Å². The molecule has 0 radical (unpaired) electrons. The van der Waals surface area contributed by atoms with E-state index in [0.717, 1.165) is 37.7 Å². The van der Waals surface area contributed by atoms with Crippen LogP contribution in [0.25, 0.3) is 0 Å². The van der Waals surface area contributed by atoms with E-state index in [-0.39, 0.29) is 0 Å². The molecule has 0 aromatic heterocycles. The highest BCUT2D eigenvalue weighted by atomic mass is 17.1. The number of benzene rings is 1. The minimum Gasteiger partial charge on any atom is -0.251 e. The van der Waals surface area contributed by atoms with Gasteiger partial charge in [-0.3, -0.25) is 5.26 Å². The quantitative estimate of drug-likeness (QED) is 0.353. The average molecular weight is 218 g/mol. The first kappa shape index (κ1) is 11.4. The van der Waals surface area contributed by atoms with Crippen molar-refractivity contribution in [1.82, 2.24) is 0 Å². The zero-order valence-electron chi connectivity index (χ0n) is 9.48. The van der Waals surface area contributed by atoms with Crippen LogP contribution in [0.1, 0.15) is 36.8 Å². The highest BCUT2D eigenvalue weighted by Crippen LogP contribution is 2.42. The van der Waals surface area contributed by atoms with Crippen LogP contribution in [0.4, 0.5) is 0 Å². The van der Waals surface area contributed by atoms with E-state index in [9.17, 15) is 5.26 Å². The molecule has 1 atom stereocenters. The van der Waals surface area contributed by atoms with Crippen LogP contribution in [-0.4, -0.2) is 5.26 Å². The first-order valence-corrected chi connectivity index (χ1v) is 5.84. The molecule has 0 aliphatic heterocycles. The summed E-state index contributed by atoms with van der Waals surface area (Å²) in [6, 6.07) is 8.22. The molecule has 0 bridgehead atoms. The lowest BCUT2D eigenvalue weighted by Crippen LogP contribution is -2.25. The molecule has 16 heavy (non-hydrogen) atoms. The molecular weight excluding hydrogens is 200 g/mol. The van der Waals surface area contributed by atoms with Crippen molar-refractivity contribution in [1.29, 1.82) is 0 Å². The third-order valence-corrected chi connectivity index (χ3v) is 3.47. The van der Waals surface area contributed by atoms with Crippen LogP contribution in [0, 0.1) is 0 Å². The molecule has 0 heterocycles. The predicted molar refractivity (Wildman–Crippen MR) is 64.2 cm³/mol. The Kier molecular flexibility index (Phi) is 3.42. The van der Waals surface area contributed by atoms with E-state index in [1.54, 1.807) is 0 Å². The van der Waals surface area contributed by atoms with Gasteiger partial charge in [0.1, 0.15) is 5.60 Å². The lowest BCUT2D eigenvalue weighted by atomic mass is 9.90. The summed E-state index contributed by atoms with van der Waals surface area (Å²) in [6.07, 6.45) is 6.59. The first-order chi connectivity index (χ1) is 7.82. The molecule has 0 saturated carbocycles. The largest absolute Gasteiger partial charge is 0.251 e. The molecule has 2 rings (SSSR count). The molecule has 1 aliphatic carbocycles. The summed E-state index contributed by atoms with van der Waals surface area (Å²) in [5, 5.41) is 9.24. The fourth-order valence-corrected chi connectivity index (χ4v) is 2.59. The normalized spacial score (nSPS) is 23.1. The minimum atomic E-state index is -0.473. The highest BCUT2D eigenvalue weighted by molar-refractivity contribution is 5.37. The van der Waals surface area contributed by atoms with E-state index in [0.29, 0.717) is 0 Å². The van der Waals surface area contributed by atoms with Gasteiger partial charge < -0.3 is 0 Å². The second-order valence-electron chi connectivity index (χ2n) is 4.42. The Hall–Kier alpha value is -1.12. The molecule has 1 aromatic carbocycles. The third kappa shape index (κ3) is 1.91. The molecule has 0 spiro atoms. The minimum absolute atomic E-state index is 0.473. The third-order valence-electron chi connectivity index (χ3n) is 3.47. The van der Waals surface area contributed by atoms with Gasteiger partial charge in [-0.2, -0.15) is 0 Å². The van der Waals surface area contributed by atoms with Gasteiger partial charge in [0.15, 0.2) is 0 Å². The molecule has 1 N–H and O–H groups in total. The Morgan fingerprint density at radius 2 is 2.25 bits per heavy atom. The summed E-state index contributed by atoms with van der Waals surface area (Å²) < 4.78 is 0. The molecule has 0 amide bonds. The first-order valence-electron chi connectivity index (χ1n) is 5.84. The van der Waals surface area contributed by atoms with Crippen molar-refractivity contribution in [3.8, 4) is 0 Å². The molecular formula is C14H18O2. The van der Waals surface area contributed by atoms with Gasteiger partial charge in [0.2, 0.25) is 0 Å². The molecule has 2 heteroatoms.